The molecule has 0 fully saturated rings. The lowest BCUT2D eigenvalue weighted by atomic mass is 10.2. The number of methoxy groups -OCH3 is 1. The van der Waals surface area contributed by atoms with Crippen LogP contribution in [0, 0.1) is 5.82 Å². The van der Waals surface area contributed by atoms with E-state index in [0.29, 0.717) is 13.2 Å². The summed E-state index contributed by atoms with van der Waals surface area (Å²) >= 11 is 0. The summed E-state index contributed by atoms with van der Waals surface area (Å²) in [5.41, 5.74) is -0.178. The third-order valence-corrected chi connectivity index (χ3v) is 2.46. The van der Waals surface area contributed by atoms with Gasteiger partial charge in [0.2, 0.25) is 5.91 Å². The second kappa shape index (κ2) is 8.11. The number of hydrogen-bond donors (Lipinski definition) is 3. The summed E-state index contributed by atoms with van der Waals surface area (Å²) in [6.45, 7) is 0.907. The number of halogens is 1. The highest BCUT2D eigenvalue weighted by Crippen LogP contribution is 2.14. The van der Waals surface area contributed by atoms with Gasteiger partial charge in [0, 0.05) is 32.7 Å². The molecule has 0 radical (unpaired) electrons. The molecule has 6 nitrogen and oxygen atoms in total. The molecule has 0 unspecified atom stereocenters. The van der Waals surface area contributed by atoms with Crippen LogP contribution in [0.25, 0.3) is 0 Å². The van der Waals surface area contributed by atoms with Crippen molar-refractivity contribution in [3.8, 4) is 5.75 Å². The molecule has 0 spiro atoms. The van der Waals surface area contributed by atoms with Crippen molar-refractivity contribution in [2.24, 2.45) is 0 Å². The average Bonchev–Trinajstić information content (AvgIpc) is 2.38. The number of rotatable bonds is 7. The van der Waals surface area contributed by atoms with Gasteiger partial charge in [-0.05, 0) is 12.1 Å². The molecule has 0 aromatic heterocycles. The molecule has 110 valence electrons. The predicted molar refractivity (Wildman–Crippen MR) is 69.9 cm³/mol. The molecule has 7 heteroatoms. The molecule has 1 aromatic rings. The van der Waals surface area contributed by atoms with Crippen molar-refractivity contribution in [2.75, 3.05) is 26.8 Å². The summed E-state index contributed by atoms with van der Waals surface area (Å²) < 4.78 is 18.1. The van der Waals surface area contributed by atoms with Crippen LogP contribution in [0.15, 0.2) is 18.2 Å². The third kappa shape index (κ3) is 5.23. The van der Waals surface area contributed by atoms with Crippen LogP contribution in [0.2, 0.25) is 0 Å². The number of ether oxygens (including phenoxy) is 1. The average molecular weight is 284 g/mol. The number of phenols is 1. The zero-order valence-electron chi connectivity index (χ0n) is 11.1. The van der Waals surface area contributed by atoms with Crippen molar-refractivity contribution in [3.63, 3.8) is 0 Å². The normalized spacial score (nSPS) is 10.1. The van der Waals surface area contributed by atoms with Crippen molar-refractivity contribution >= 4 is 11.8 Å². The Hall–Kier alpha value is -2.15. The molecule has 1 aromatic carbocycles. The van der Waals surface area contributed by atoms with Crippen LogP contribution in [-0.2, 0) is 9.53 Å². The van der Waals surface area contributed by atoms with E-state index in [1.807, 2.05) is 0 Å². The third-order valence-electron chi connectivity index (χ3n) is 2.46. The molecule has 2 amide bonds. The highest BCUT2D eigenvalue weighted by Gasteiger charge is 2.12. The van der Waals surface area contributed by atoms with Gasteiger partial charge in [-0.2, -0.15) is 0 Å². The second-order valence-electron chi connectivity index (χ2n) is 4.01. The molecule has 0 aliphatic carbocycles. The maximum absolute atomic E-state index is 13.4. The summed E-state index contributed by atoms with van der Waals surface area (Å²) in [5.74, 6) is -1.93. The van der Waals surface area contributed by atoms with Gasteiger partial charge in [0.25, 0.3) is 5.91 Å². The van der Waals surface area contributed by atoms with Gasteiger partial charge >= 0.3 is 0 Å². The van der Waals surface area contributed by atoms with E-state index in [0.717, 1.165) is 6.07 Å². The zero-order valence-corrected chi connectivity index (χ0v) is 11.1. The first-order valence-corrected chi connectivity index (χ1v) is 6.07. The number of aromatic hydroxyl groups is 1. The van der Waals surface area contributed by atoms with E-state index in [4.69, 9.17) is 9.84 Å². The Bertz CT molecular complexity index is 479. The van der Waals surface area contributed by atoms with Gasteiger partial charge in [-0.25, -0.2) is 4.39 Å². The summed E-state index contributed by atoms with van der Waals surface area (Å²) in [6.07, 6.45) is 0.0924. The van der Waals surface area contributed by atoms with E-state index in [1.54, 1.807) is 0 Å². The molecule has 3 N–H and O–H groups in total. The number of amides is 2. The Morgan fingerprint density at radius 2 is 2.05 bits per heavy atom. The van der Waals surface area contributed by atoms with Gasteiger partial charge in [0.05, 0.1) is 12.2 Å². The molecule has 0 heterocycles. The lowest BCUT2D eigenvalue weighted by Crippen LogP contribution is -2.32. The Morgan fingerprint density at radius 1 is 1.30 bits per heavy atom. The van der Waals surface area contributed by atoms with Gasteiger partial charge in [-0.1, -0.05) is 0 Å². The molecule has 20 heavy (non-hydrogen) atoms. The quantitative estimate of drug-likeness (QED) is 0.633. The van der Waals surface area contributed by atoms with Crippen LogP contribution >= 0.6 is 0 Å². The first-order valence-electron chi connectivity index (χ1n) is 6.07. The standard InChI is InChI=1S/C13H17FN2O4/c1-20-7-6-15-12(18)4-5-16-13(19)10-3-2-9(17)8-11(10)14/h2-3,8,17H,4-7H2,1H3,(H,15,18)(H,16,19). The van der Waals surface area contributed by atoms with Crippen LogP contribution in [0.4, 0.5) is 4.39 Å². The van der Waals surface area contributed by atoms with Crippen molar-refractivity contribution in [3.05, 3.63) is 29.6 Å². The lowest BCUT2D eigenvalue weighted by Gasteiger charge is -2.07. The predicted octanol–water partition coefficient (Wildman–Crippen LogP) is 0.414. The highest BCUT2D eigenvalue weighted by atomic mass is 19.1. The summed E-state index contributed by atoms with van der Waals surface area (Å²) in [4.78, 5) is 23.0. The van der Waals surface area contributed by atoms with E-state index >= 15 is 0 Å². The molecular formula is C13H17FN2O4. The van der Waals surface area contributed by atoms with Gasteiger partial charge in [0.15, 0.2) is 0 Å². The van der Waals surface area contributed by atoms with Crippen LogP contribution in [0.5, 0.6) is 5.75 Å². The molecule has 1 rings (SSSR count). The molecule has 0 aliphatic heterocycles. The molecule has 0 saturated carbocycles. The Labute approximate surface area is 115 Å². The Kier molecular flexibility index (Phi) is 6.45. The SMILES string of the molecule is COCCNC(=O)CCNC(=O)c1ccc(O)cc1F. The molecule has 0 bridgehead atoms. The van der Waals surface area contributed by atoms with Crippen molar-refractivity contribution < 1.29 is 23.8 Å². The van der Waals surface area contributed by atoms with Crippen LogP contribution in [0.3, 0.4) is 0 Å². The van der Waals surface area contributed by atoms with Gasteiger partial charge in [0.1, 0.15) is 11.6 Å². The van der Waals surface area contributed by atoms with Crippen LogP contribution < -0.4 is 10.6 Å². The summed E-state index contributed by atoms with van der Waals surface area (Å²) in [7, 11) is 1.53. The number of hydrogen-bond acceptors (Lipinski definition) is 4. The molecule has 0 aliphatic rings. The zero-order chi connectivity index (χ0) is 15.0. The topological polar surface area (TPSA) is 87.7 Å². The Balaban J connectivity index is 2.34. The minimum atomic E-state index is -0.813. The van der Waals surface area contributed by atoms with E-state index in [1.165, 1.54) is 19.2 Å². The summed E-state index contributed by atoms with van der Waals surface area (Å²) in [5, 5.41) is 14.1. The van der Waals surface area contributed by atoms with Gasteiger partial charge < -0.3 is 20.5 Å². The number of nitrogens with one attached hydrogen (secondary N) is 2. The Morgan fingerprint density at radius 3 is 2.70 bits per heavy atom. The monoisotopic (exact) mass is 284 g/mol. The van der Waals surface area contributed by atoms with Gasteiger partial charge in [-0.15, -0.1) is 0 Å². The van der Waals surface area contributed by atoms with E-state index in [9.17, 15) is 14.0 Å². The first-order chi connectivity index (χ1) is 9.54. The van der Waals surface area contributed by atoms with Crippen molar-refractivity contribution in [2.45, 2.75) is 6.42 Å². The maximum Gasteiger partial charge on any atom is 0.254 e. The van der Waals surface area contributed by atoms with E-state index < -0.39 is 11.7 Å². The minimum Gasteiger partial charge on any atom is -0.508 e. The molecular weight excluding hydrogens is 267 g/mol. The number of phenolic OH excluding ortho intramolecular Hbond substituents is 1. The van der Waals surface area contributed by atoms with E-state index in [2.05, 4.69) is 10.6 Å². The lowest BCUT2D eigenvalue weighted by molar-refractivity contribution is -0.121. The van der Waals surface area contributed by atoms with E-state index in [-0.39, 0.29) is 30.2 Å². The maximum atomic E-state index is 13.4. The number of carbonyl (C=O) groups is 2. The molecule has 0 atom stereocenters. The molecule has 0 saturated heterocycles. The van der Waals surface area contributed by atoms with Crippen molar-refractivity contribution in [1.82, 2.24) is 10.6 Å². The van der Waals surface area contributed by atoms with Crippen molar-refractivity contribution in [1.29, 1.82) is 0 Å². The smallest absolute Gasteiger partial charge is 0.254 e. The fraction of sp³-hybridized carbons (Fsp3) is 0.385. The minimum absolute atomic E-state index is 0.0924. The largest absolute Gasteiger partial charge is 0.508 e. The highest BCUT2D eigenvalue weighted by molar-refractivity contribution is 5.94. The fourth-order valence-electron chi connectivity index (χ4n) is 1.45. The first kappa shape index (κ1) is 15.9. The number of carbonyl (C=O) groups excluding carboxylic acids is 2. The second-order valence-corrected chi connectivity index (χ2v) is 4.01. The van der Waals surface area contributed by atoms with Crippen LogP contribution in [0.1, 0.15) is 16.8 Å². The fourth-order valence-corrected chi connectivity index (χ4v) is 1.45. The van der Waals surface area contributed by atoms with Crippen LogP contribution in [-0.4, -0.2) is 43.7 Å². The number of benzene rings is 1. The van der Waals surface area contributed by atoms with Gasteiger partial charge in [-0.3, -0.25) is 9.59 Å². The summed E-state index contributed by atoms with van der Waals surface area (Å²) in [6, 6.07) is 3.25.